The summed E-state index contributed by atoms with van der Waals surface area (Å²) in [5.41, 5.74) is -1.28. The van der Waals surface area contributed by atoms with Crippen molar-refractivity contribution in [2.75, 3.05) is 6.54 Å². The van der Waals surface area contributed by atoms with Gasteiger partial charge in [0.25, 0.3) is 0 Å². The van der Waals surface area contributed by atoms with Gasteiger partial charge in [0.15, 0.2) is 0 Å². The summed E-state index contributed by atoms with van der Waals surface area (Å²) < 4.78 is 5.29. The molecule has 0 aromatic rings. The van der Waals surface area contributed by atoms with E-state index in [-0.39, 0.29) is 11.8 Å². The van der Waals surface area contributed by atoms with E-state index >= 15 is 0 Å². The van der Waals surface area contributed by atoms with Crippen molar-refractivity contribution in [1.29, 1.82) is 0 Å². The lowest BCUT2D eigenvalue weighted by Crippen LogP contribution is -2.57. The summed E-state index contributed by atoms with van der Waals surface area (Å²) in [6, 6.07) is -1.72. The van der Waals surface area contributed by atoms with E-state index in [4.69, 9.17) is 4.74 Å². The van der Waals surface area contributed by atoms with Gasteiger partial charge in [-0.2, -0.15) is 0 Å². The topological polar surface area (TPSA) is 95.9 Å². The summed E-state index contributed by atoms with van der Waals surface area (Å²) >= 11 is 0. The first-order valence-electron chi connectivity index (χ1n) is 9.64. The minimum absolute atomic E-state index is 0.150. The van der Waals surface area contributed by atoms with E-state index in [9.17, 15) is 19.5 Å². The lowest BCUT2D eigenvalue weighted by molar-refractivity contribution is -0.150. The Kier molecular flexibility index (Phi) is 7.30. The molecule has 1 rings (SSSR count). The number of hydrogen-bond acceptors (Lipinski definition) is 4. The molecule has 0 radical (unpaired) electrons. The van der Waals surface area contributed by atoms with Gasteiger partial charge >= 0.3 is 12.1 Å². The molecule has 3 atom stereocenters. The first-order valence-corrected chi connectivity index (χ1v) is 9.64. The van der Waals surface area contributed by atoms with Crippen molar-refractivity contribution >= 4 is 18.0 Å². The molecular formula is C20H36N2O5. The molecule has 0 bridgehead atoms. The van der Waals surface area contributed by atoms with Crippen molar-refractivity contribution in [3.63, 3.8) is 0 Å². The van der Waals surface area contributed by atoms with Crippen molar-refractivity contribution in [1.82, 2.24) is 10.2 Å². The smallest absolute Gasteiger partial charge is 0.408 e. The fraction of sp³-hybridized carbons (Fsp3) is 0.850. The van der Waals surface area contributed by atoms with Crippen LogP contribution >= 0.6 is 0 Å². The Bertz CT molecular complexity index is 560. The van der Waals surface area contributed by atoms with Crippen LogP contribution in [0.15, 0.2) is 0 Å². The number of nitrogens with one attached hydrogen (secondary N) is 1. The molecule has 2 amide bonds. The number of nitrogens with zero attached hydrogens (tertiary/aromatic N) is 1. The molecule has 1 heterocycles. The number of carbonyl (C=O) groups excluding carboxylic acids is 2. The van der Waals surface area contributed by atoms with Crippen LogP contribution < -0.4 is 5.32 Å². The van der Waals surface area contributed by atoms with Gasteiger partial charge in [-0.1, -0.05) is 34.6 Å². The second kappa shape index (κ2) is 8.48. The predicted octanol–water partition coefficient (Wildman–Crippen LogP) is 3.27. The third-order valence-corrected chi connectivity index (χ3v) is 4.53. The standard InChI is InChI=1S/C20H36N2O5/c1-12(2)9-13-10-14(17(24)25)22(11-13)16(23)15(19(3,4)5)21-18(26)27-20(6,7)8/h12-15H,9-11H2,1-8H3,(H,21,26)(H,24,25)/t13-,14+,15-/m1/s1. The van der Waals surface area contributed by atoms with Crippen LogP contribution in [0.3, 0.4) is 0 Å². The molecule has 0 aromatic heterocycles. The molecule has 1 aliphatic heterocycles. The third-order valence-electron chi connectivity index (χ3n) is 4.53. The highest BCUT2D eigenvalue weighted by Crippen LogP contribution is 2.31. The van der Waals surface area contributed by atoms with Crippen LogP contribution in [0.4, 0.5) is 4.79 Å². The van der Waals surface area contributed by atoms with Gasteiger partial charge in [0, 0.05) is 6.54 Å². The minimum atomic E-state index is -1.00. The van der Waals surface area contributed by atoms with Crippen molar-refractivity contribution in [2.45, 2.75) is 85.9 Å². The quantitative estimate of drug-likeness (QED) is 0.758. The number of rotatable bonds is 5. The van der Waals surface area contributed by atoms with E-state index in [2.05, 4.69) is 19.2 Å². The SMILES string of the molecule is CC(C)C[C@@H]1C[C@@H](C(=O)O)N(C(=O)[C@@H](NC(=O)OC(C)(C)C)C(C)(C)C)C1. The number of carboxylic acid groups (broad SMARTS) is 1. The summed E-state index contributed by atoms with van der Waals surface area (Å²) in [7, 11) is 0. The lowest BCUT2D eigenvalue weighted by atomic mass is 9.85. The molecule has 27 heavy (non-hydrogen) atoms. The number of aliphatic carboxylic acids is 1. The van der Waals surface area contributed by atoms with E-state index < -0.39 is 35.2 Å². The molecule has 2 N–H and O–H groups in total. The number of likely N-dealkylation sites (tertiary alicyclic amines) is 1. The Morgan fingerprint density at radius 2 is 1.70 bits per heavy atom. The monoisotopic (exact) mass is 384 g/mol. The van der Waals surface area contributed by atoms with Gasteiger partial charge in [0.2, 0.25) is 5.91 Å². The van der Waals surface area contributed by atoms with E-state index in [1.54, 1.807) is 20.8 Å². The van der Waals surface area contributed by atoms with Gasteiger partial charge in [-0.05, 0) is 50.9 Å². The molecule has 0 saturated carbocycles. The van der Waals surface area contributed by atoms with Crippen molar-refractivity contribution < 1.29 is 24.2 Å². The van der Waals surface area contributed by atoms with Crippen LogP contribution in [-0.4, -0.2) is 52.2 Å². The molecule has 1 saturated heterocycles. The predicted molar refractivity (Wildman–Crippen MR) is 103 cm³/mol. The first kappa shape index (κ1) is 23.2. The molecule has 0 unspecified atom stereocenters. The largest absolute Gasteiger partial charge is 0.480 e. The zero-order valence-electron chi connectivity index (χ0n) is 18.0. The van der Waals surface area contributed by atoms with Crippen molar-refractivity contribution in [3.8, 4) is 0 Å². The Morgan fingerprint density at radius 3 is 2.11 bits per heavy atom. The molecule has 7 nitrogen and oxygen atoms in total. The third kappa shape index (κ3) is 7.03. The summed E-state index contributed by atoms with van der Waals surface area (Å²) in [4.78, 5) is 38.6. The zero-order chi connectivity index (χ0) is 21.2. The molecular weight excluding hydrogens is 348 g/mol. The van der Waals surface area contributed by atoms with Crippen LogP contribution in [-0.2, 0) is 14.3 Å². The average Bonchev–Trinajstić information content (AvgIpc) is 2.84. The molecule has 0 spiro atoms. The van der Waals surface area contributed by atoms with E-state index in [0.717, 1.165) is 6.42 Å². The maximum absolute atomic E-state index is 13.2. The number of hydrogen-bond donors (Lipinski definition) is 2. The Balaban J connectivity index is 3.02. The average molecular weight is 385 g/mol. The molecule has 1 fully saturated rings. The van der Waals surface area contributed by atoms with Gasteiger partial charge in [0.1, 0.15) is 17.7 Å². The highest BCUT2D eigenvalue weighted by molar-refractivity contribution is 5.90. The van der Waals surface area contributed by atoms with Gasteiger partial charge in [-0.15, -0.1) is 0 Å². The molecule has 0 aliphatic carbocycles. The highest BCUT2D eigenvalue weighted by Gasteiger charge is 2.45. The number of amides is 2. The Hall–Kier alpha value is -1.79. The molecule has 1 aliphatic rings. The van der Waals surface area contributed by atoms with Crippen LogP contribution in [0.25, 0.3) is 0 Å². The Morgan fingerprint density at radius 1 is 1.15 bits per heavy atom. The normalized spacial score (nSPS) is 21.9. The van der Waals surface area contributed by atoms with Gasteiger partial charge in [-0.25, -0.2) is 9.59 Å². The molecule has 0 aromatic carbocycles. The second-order valence-electron chi connectivity index (χ2n) is 10.0. The molecule has 156 valence electrons. The number of alkyl carbamates (subject to hydrolysis) is 1. The summed E-state index contributed by atoms with van der Waals surface area (Å²) in [6.45, 7) is 15.3. The highest BCUT2D eigenvalue weighted by atomic mass is 16.6. The van der Waals surface area contributed by atoms with Crippen molar-refractivity contribution in [3.05, 3.63) is 0 Å². The first-order chi connectivity index (χ1) is 12.1. The summed E-state index contributed by atoms with van der Waals surface area (Å²) in [5, 5.41) is 12.3. The zero-order valence-corrected chi connectivity index (χ0v) is 18.0. The van der Waals surface area contributed by atoms with E-state index in [0.29, 0.717) is 18.9 Å². The van der Waals surface area contributed by atoms with Gasteiger partial charge in [0.05, 0.1) is 0 Å². The fourth-order valence-electron chi connectivity index (χ4n) is 3.48. The molecule has 7 heteroatoms. The minimum Gasteiger partial charge on any atom is -0.480 e. The number of carboxylic acids is 1. The summed E-state index contributed by atoms with van der Waals surface area (Å²) in [6.07, 6.45) is 0.635. The van der Waals surface area contributed by atoms with E-state index in [1.165, 1.54) is 4.90 Å². The number of carbonyl (C=O) groups is 3. The van der Waals surface area contributed by atoms with Crippen LogP contribution in [0.5, 0.6) is 0 Å². The second-order valence-corrected chi connectivity index (χ2v) is 10.0. The van der Waals surface area contributed by atoms with Crippen LogP contribution in [0, 0.1) is 17.3 Å². The van der Waals surface area contributed by atoms with Gasteiger partial charge in [-0.3, -0.25) is 4.79 Å². The maximum Gasteiger partial charge on any atom is 0.408 e. The van der Waals surface area contributed by atoms with Crippen molar-refractivity contribution in [2.24, 2.45) is 17.3 Å². The maximum atomic E-state index is 13.2. The van der Waals surface area contributed by atoms with Crippen LogP contribution in [0.2, 0.25) is 0 Å². The number of ether oxygens (including phenoxy) is 1. The Labute approximate surface area is 162 Å². The van der Waals surface area contributed by atoms with E-state index in [1.807, 2.05) is 20.8 Å². The van der Waals surface area contributed by atoms with Gasteiger partial charge < -0.3 is 20.1 Å². The summed E-state index contributed by atoms with van der Waals surface area (Å²) in [5.74, 6) is -0.790. The lowest BCUT2D eigenvalue weighted by Gasteiger charge is -2.35. The van der Waals surface area contributed by atoms with Crippen LogP contribution in [0.1, 0.15) is 68.2 Å². The fourth-order valence-corrected chi connectivity index (χ4v) is 3.48.